The summed E-state index contributed by atoms with van der Waals surface area (Å²) in [6.07, 6.45) is 6.34. The molecule has 1 fully saturated rings. The number of benzene rings is 1. The highest BCUT2D eigenvalue weighted by atomic mass is 32.2. The Hall–Kier alpha value is -1.84. The lowest BCUT2D eigenvalue weighted by molar-refractivity contribution is -0.120. The molecule has 1 aromatic carbocycles. The van der Waals surface area contributed by atoms with Crippen molar-refractivity contribution in [3.63, 3.8) is 0 Å². The molecular formula is C18H24N4O3S2. The van der Waals surface area contributed by atoms with Gasteiger partial charge in [-0.2, -0.15) is 4.31 Å². The number of carbonyl (C=O) groups is 1. The average Bonchev–Trinajstić information content (AvgIpc) is 3.18. The molecule has 0 bridgehead atoms. The molecule has 0 spiro atoms. The zero-order valence-corrected chi connectivity index (χ0v) is 17.1. The van der Waals surface area contributed by atoms with E-state index >= 15 is 0 Å². The van der Waals surface area contributed by atoms with Crippen LogP contribution >= 0.6 is 11.8 Å². The number of nitrogens with one attached hydrogen (secondary N) is 1. The van der Waals surface area contributed by atoms with Gasteiger partial charge in [-0.1, -0.05) is 6.07 Å². The Kier molecular flexibility index (Phi) is 6.23. The van der Waals surface area contributed by atoms with Gasteiger partial charge in [-0.15, -0.1) is 11.8 Å². The average molecular weight is 409 g/mol. The van der Waals surface area contributed by atoms with Crippen LogP contribution in [0.2, 0.25) is 0 Å². The number of amides is 1. The number of anilines is 1. The van der Waals surface area contributed by atoms with Crippen molar-refractivity contribution in [3.8, 4) is 0 Å². The number of nitrogens with zero attached hydrogens (tertiary/aromatic N) is 3. The highest BCUT2D eigenvalue weighted by Crippen LogP contribution is 2.25. The van der Waals surface area contributed by atoms with Crippen molar-refractivity contribution in [2.75, 3.05) is 24.7 Å². The third kappa shape index (κ3) is 4.53. The van der Waals surface area contributed by atoms with Crippen LogP contribution < -0.4 is 5.32 Å². The second-order valence-electron chi connectivity index (χ2n) is 6.47. The van der Waals surface area contributed by atoms with Crippen molar-refractivity contribution < 1.29 is 13.2 Å². The Morgan fingerprint density at radius 3 is 2.93 bits per heavy atom. The predicted octanol–water partition coefficient (Wildman–Crippen LogP) is 2.66. The summed E-state index contributed by atoms with van der Waals surface area (Å²) < 4.78 is 28.8. The van der Waals surface area contributed by atoms with Crippen LogP contribution in [0.4, 0.5) is 5.69 Å². The Morgan fingerprint density at radius 1 is 1.41 bits per heavy atom. The van der Waals surface area contributed by atoms with Crippen LogP contribution in [0.25, 0.3) is 0 Å². The highest BCUT2D eigenvalue weighted by Gasteiger charge is 2.34. The molecule has 1 N–H and O–H groups in total. The van der Waals surface area contributed by atoms with E-state index in [0.29, 0.717) is 25.9 Å². The standard InChI is InChI=1S/C18H24N4O3S2/c1-3-21-12-17(19-13-21)27(24,25)22-9-5-6-14(11-22)18(23)20-15-7-4-8-16(10-15)26-2/h4,7-8,10,12-14H,3,5-6,9,11H2,1-2H3,(H,20,23). The third-order valence-electron chi connectivity index (χ3n) is 4.67. The van der Waals surface area contributed by atoms with Gasteiger partial charge in [0, 0.05) is 36.4 Å². The van der Waals surface area contributed by atoms with E-state index in [1.807, 2.05) is 37.4 Å². The molecule has 0 aliphatic carbocycles. The van der Waals surface area contributed by atoms with E-state index in [9.17, 15) is 13.2 Å². The van der Waals surface area contributed by atoms with E-state index < -0.39 is 10.0 Å². The molecular weight excluding hydrogens is 384 g/mol. The van der Waals surface area contributed by atoms with Gasteiger partial charge in [0.1, 0.15) is 0 Å². The lowest BCUT2D eigenvalue weighted by atomic mass is 9.99. The number of carbonyl (C=O) groups excluding carboxylic acids is 1. The van der Waals surface area contributed by atoms with Gasteiger partial charge in [-0.25, -0.2) is 13.4 Å². The summed E-state index contributed by atoms with van der Waals surface area (Å²) in [5, 5.41) is 2.96. The number of piperidine rings is 1. The molecule has 1 atom stereocenters. The van der Waals surface area contributed by atoms with E-state index in [0.717, 1.165) is 10.6 Å². The lowest BCUT2D eigenvalue weighted by Crippen LogP contribution is -2.43. The molecule has 1 amide bonds. The molecule has 9 heteroatoms. The summed E-state index contributed by atoms with van der Waals surface area (Å²) in [7, 11) is -3.68. The fourth-order valence-electron chi connectivity index (χ4n) is 3.10. The first kappa shape index (κ1) is 19.9. The summed E-state index contributed by atoms with van der Waals surface area (Å²) in [4.78, 5) is 17.8. The maximum atomic E-state index is 12.8. The minimum absolute atomic E-state index is 0.0399. The van der Waals surface area contributed by atoms with Gasteiger partial charge in [0.25, 0.3) is 10.0 Å². The van der Waals surface area contributed by atoms with Crippen LogP contribution in [0.1, 0.15) is 19.8 Å². The molecule has 2 aromatic rings. The van der Waals surface area contributed by atoms with Gasteiger partial charge < -0.3 is 9.88 Å². The van der Waals surface area contributed by atoms with E-state index in [2.05, 4.69) is 10.3 Å². The smallest absolute Gasteiger partial charge is 0.262 e. The van der Waals surface area contributed by atoms with Crippen molar-refractivity contribution >= 4 is 33.4 Å². The molecule has 1 aliphatic heterocycles. The topological polar surface area (TPSA) is 84.3 Å². The molecule has 1 saturated heterocycles. The van der Waals surface area contributed by atoms with Crippen LogP contribution in [0.3, 0.4) is 0 Å². The molecule has 1 aromatic heterocycles. The number of sulfonamides is 1. The second-order valence-corrected chi connectivity index (χ2v) is 9.23. The molecule has 1 unspecified atom stereocenters. The molecule has 146 valence electrons. The number of rotatable bonds is 6. The molecule has 27 heavy (non-hydrogen) atoms. The maximum Gasteiger partial charge on any atom is 0.262 e. The van der Waals surface area contributed by atoms with E-state index in [1.54, 1.807) is 16.3 Å². The zero-order chi connectivity index (χ0) is 19.4. The summed E-state index contributed by atoms with van der Waals surface area (Å²) in [6.45, 7) is 3.16. The van der Waals surface area contributed by atoms with Gasteiger partial charge in [0.2, 0.25) is 5.91 Å². The Bertz CT molecular complexity index is 911. The molecule has 2 heterocycles. The molecule has 1 aliphatic rings. The van der Waals surface area contributed by atoms with E-state index in [1.165, 1.54) is 16.8 Å². The maximum absolute atomic E-state index is 12.8. The fraction of sp³-hybridized carbons (Fsp3) is 0.444. The van der Waals surface area contributed by atoms with Gasteiger partial charge in [0.15, 0.2) is 5.03 Å². The number of hydrogen-bond donors (Lipinski definition) is 1. The van der Waals surface area contributed by atoms with Crippen LogP contribution in [0.15, 0.2) is 46.7 Å². The van der Waals surface area contributed by atoms with Crippen molar-refractivity contribution in [2.45, 2.75) is 36.2 Å². The minimum atomic E-state index is -3.68. The largest absolute Gasteiger partial charge is 0.336 e. The molecule has 3 rings (SSSR count). The van der Waals surface area contributed by atoms with Crippen molar-refractivity contribution in [1.29, 1.82) is 0 Å². The van der Waals surface area contributed by atoms with Gasteiger partial charge in [0.05, 0.1) is 12.2 Å². The van der Waals surface area contributed by atoms with Crippen molar-refractivity contribution in [3.05, 3.63) is 36.8 Å². The number of aryl methyl sites for hydroxylation is 1. The molecule has 0 radical (unpaired) electrons. The van der Waals surface area contributed by atoms with E-state index in [4.69, 9.17) is 0 Å². The van der Waals surface area contributed by atoms with E-state index in [-0.39, 0.29) is 23.4 Å². The molecule has 7 nitrogen and oxygen atoms in total. The Morgan fingerprint density at radius 2 is 2.22 bits per heavy atom. The quantitative estimate of drug-likeness (QED) is 0.743. The summed E-state index contributed by atoms with van der Waals surface area (Å²) in [5.74, 6) is -0.521. The number of aromatic nitrogens is 2. The van der Waals surface area contributed by atoms with Crippen LogP contribution in [-0.2, 0) is 21.4 Å². The van der Waals surface area contributed by atoms with Crippen LogP contribution in [0, 0.1) is 5.92 Å². The first-order valence-corrected chi connectivity index (χ1v) is 11.6. The summed E-state index contributed by atoms with van der Waals surface area (Å²) in [6, 6.07) is 7.62. The Balaban J connectivity index is 1.70. The third-order valence-corrected chi connectivity index (χ3v) is 7.15. The lowest BCUT2D eigenvalue weighted by Gasteiger charge is -2.30. The molecule has 0 saturated carbocycles. The highest BCUT2D eigenvalue weighted by molar-refractivity contribution is 7.98. The van der Waals surface area contributed by atoms with Crippen molar-refractivity contribution in [1.82, 2.24) is 13.9 Å². The summed E-state index contributed by atoms with van der Waals surface area (Å²) >= 11 is 1.60. The number of hydrogen-bond acceptors (Lipinski definition) is 5. The zero-order valence-electron chi connectivity index (χ0n) is 15.5. The van der Waals surface area contributed by atoms with Crippen LogP contribution in [-0.4, -0.2) is 47.5 Å². The van der Waals surface area contributed by atoms with Crippen LogP contribution in [0.5, 0.6) is 0 Å². The second kappa shape index (κ2) is 8.45. The summed E-state index contributed by atoms with van der Waals surface area (Å²) in [5.41, 5.74) is 0.730. The van der Waals surface area contributed by atoms with Gasteiger partial charge in [-0.05, 0) is 44.2 Å². The SMILES string of the molecule is CCn1cnc(S(=O)(=O)N2CCCC(C(=O)Nc3cccc(SC)c3)C2)c1. The monoisotopic (exact) mass is 408 g/mol. The minimum Gasteiger partial charge on any atom is -0.336 e. The normalized spacial score (nSPS) is 18.4. The Labute approximate surface area is 164 Å². The first-order chi connectivity index (χ1) is 12.9. The predicted molar refractivity (Wildman–Crippen MR) is 106 cm³/mol. The fourth-order valence-corrected chi connectivity index (χ4v) is 5.02. The first-order valence-electron chi connectivity index (χ1n) is 8.91. The van der Waals surface area contributed by atoms with Gasteiger partial charge >= 0.3 is 0 Å². The van der Waals surface area contributed by atoms with Gasteiger partial charge in [-0.3, -0.25) is 4.79 Å². The van der Waals surface area contributed by atoms with Crippen molar-refractivity contribution in [2.24, 2.45) is 5.92 Å². The number of imidazole rings is 1. The number of thioether (sulfide) groups is 1.